The summed E-state index contributed by atoms with van der Waals surface area (Å²) in [6.45, 7) is 4.13. The Morgan fingerprint density at radius 3 is 2.50 bits per heavy atom. The molecule has 0 saturated carbocycles. The molecule has 1 amide bonds. The van der Waals surface area contributed by atoms with Crippen molar-refractivity contribution in [2.75, 3.05) is 5.75 Å². The summed E-state index contributed by atoms with van der Waals surface area (Å²) in [7, 11) is 0. The molecular formula is C19H21Cl2NOS. The number of rotatable bonds is 7. The molecule has 0 spiro atoms. The van der Waals surface area contributed by atoms with Gasteiger partial charge in [-0.25, -0.2) is 0 Å². The van der Waals surface area contributed by atoms with Crippen LogP contribution < -0.4 is 5.32 Å². The van der Waals surface area contributed by atoms with Crippen LogP contribution in [-0.2, 0) is 10.5 Å². The number of aryl methyl sites for hydroxylation is 1. The summed E-state index contributed by atoms with van der Waals surface area (Å²) in [6, 6.07) is 13.8. The van der Waals surface area contributed by atoms with Crippen LogP contribution in [0.1, 0.15) is 36.1 Å². The van der Waals surface area contributed by atoms with E-state index in [4.69, 9.17) is 23.2 Å². The lowest BCUT2D eigenvalue weighted by atomic mass is 10.0. The van der Waals surface area contributed by atoms with E-state index in [9.17, 15) is 4.79 Å². The molecule has 5 heteroatoms. The Bertz CT molecular complexity index is 688. The van der Waals surface area contributed by atoms with Crippen molar-refractivity contribution >= 4 is 40.9 Å². The Balaban J connectivity index is 1.84. The first-order valence-electron chi connectivity index (χ1n) is 7.87. The summed E-state index contributed by atoms with van der Waals surface area (Å²) < 4.78 is 0. The van der Waals surface area contributed by atoms with Gasteiger partial charge in [-0.2, -0.15) is 0 Å². The van der Waals surface area contributed by atoms with Crippen molar-refractivity contribution in [3.8, 4) is 0 Å². The van der Waals surface area contributed by atoms with Crippen molar-refractivity contribution in [1.29, 1.82) is 0 Å². The molecule has 1 atom stereocenters. The first-order valence-corrected chi connectivity index (χ1v) is 9.78. The summed E-state index contributed by atoms with van der Waals surface area (Å²) in [5.74, 6) is 1.13. The molecule has 1 N–H and O–H groups in total. The molecule has 24 heavy (non-hydrogen) atoms. The summed E-state index contributed by atoms with van der Waals surface area (Å²) in [6.07, 6.45) is 0.864. The molecular weight excluding hydrogens is 361 g/mol. The fourth-order valence-electron chi connectivity index (χ4n) is 2.35. The van der Waals surface area contributed by atoms with Crippen molar-refractivity contribution in [3.05, 3.63) is 69.2 Å². The highest BCUT2D eigenvalue weighted by molar-refractivity contribution is 7.99. The lowest BCUT2D eigenvalue weighted by Gasteiger charge is -2.17. The Labute approximate surface area is 157 Å². The zero-order valence-electron chi connectivity index (χ0n) is 13.8. The number of carbonyl (C=O) groups excluding carboxylic acids is 1. The molecule has 0 radical (unpaired) electrons. The molecule has 2 rings (SSSR count). The van der Waals surface area contributed by atoms with Crippen LogP contribution in [0.25, 0.3) is 0 Å². The largest absolute Gasteiger partial charge is 0.349 e. The van der Waals surface area contributed by atoms with Crippen LogP contribution in [0.5, 0.6) is 0 Å². The molecule has 0 saturated heterocycles. The topological polar surface area (TPSA) is 29.1 Å². The van der Waals surface area contributed by atoms with Gasteiger partial charge in [-0.15, -0.1) is 11.8 Å². The molecule has 0 bridgehead atoms. The minimum atomic E-state index is 0.0394. The fraction of sp³-hybridized carbons (Fsp3) is 0.316. The number of hydrogen-bond donors (Lipinski definition) is 1. The SMILES string of the molecule is CC[C@H](NC(=O)CSCc1ccc(Cl)cc1Cl)c1ccc(C)cc1. The maximum absolute atomic E-state index is 12.2. The third-order valence-electron chi connectivity index (χ3n) is 3.73. The van der Waals surface area contributed by atoms with Crippen LogP contribution in [0.15, 0.2) is 42.5 Å². The van der Waals surface area contributed by atoms with Crippen LogP contribution in [0.4, 0.5) is 0 Å². The highest BCUT2D eigenvalue weighted by Crippen LogP contribution is 2.25. The van der Waals surface area contributed by atoms with Crippen molar-refractivity contribution in [2.24, 2.45) is 0 Å². The van der Waals surface area contributed by atoms with Gasteiger partial charge in [0.15, 0.2) is 0 Å². The van der Waals surface area contributed by atoms with Gasteiger partial charge in [-0.1, -0.05) is 66.0 Å². The molecule has 0 aromatic heterocycles. The van der Waals surface area contributed by atoms with E-state index in [0.717, 1.165) is 17.5 Å². The van der Waals surface area contributed by atoms with E-state index in [1.807, 2.05) is 12.1 Å². The molecule has 128 valence electrons. The Morgan fingerprint density at radius 2 is 1.88 bits per heavy atom. The van der Waals surface area contributed by atoms with Gasteiger partial charge in [0.2, 0.25) is 5.91 Å². The predicted molar refractivity (Wildman–Crippen MR) is 105 cm³/mol. The standard InChI is InChI=1S/C19H21Cl2NOS/c1-3-18(14-6-4-13(2)5-7-14)22-19(23)12-24-11-15-8-9-16(20)10-17(15)21/h4-10,18H,3,11-12H2,1-2H3,(H,22,23)/t18-/m0/s1. The van der Waals surface area contributed by atoms with Gasteiger partial charge in [-0.3, -0.25) is 4.79 Å². The number of amides is 1. The molecule has 2 aromatic carbocycles. The number of halogens is 2. The molecule has 0 heterocycles. The molecule has 2 nitrogen and oxygen atoms in total. The average Bonchev–Trinajstić information content (AvgIpc) is 2.55. The Hall–Kier alpha value is -1.16. The summed E-state index contributed by atoms with van der Waals surface area (Å²) >= 11 is 13.6. The van der Waals surface area contributed by atoms with Crippen molar-refractivity contribution in [3.63, 3.8) is 0 Å². The Kier molecular flexibility index (Phi) is 7.47. The molecule has 0 aliphatic rings. The van der Waals surface area contributed by atoms with Gasteiger partial charge in [0, 0.05) is 15.8 Å². The first kappa shape index (κ1) is 19.2. The lowest BCUT2D eigenvalue weighted by Crippen LogP contribution is -2.29. The second-order valence-electron chi connectivity index (χ2n) is 5.67. The van der Waals surface area contributed by atoms with Gasteiger partial charge in [0.25, 0.3) is 0 Å². The zero-order valence-corrected chi connectivity index (χ0v) is 16.1. The monoisotopic (exact) mass is 381 g/mol. The van der Waals surface area contributed by atoms with Gasteiger partial charge in [0.05, 0.1) is 11.8 Å². The number of benzene rings is 2. The smallest absolute Gasteiger partial charge is 0.230 e. The van der Waals surface area contributed by atoms with E-state index in [-0.39, 0.29) is 11.9 Å². The van der Waals surface area contributed by atoms with Crippen molar-refractivity contribution < 1.29 is 4.79 Å². The van der Waals surface area contributed by atoms with Gasteiger partial charge in [-0.05, 0) is 36.6 Å². The average molecular weight is 382 g/mol. The van der Waals surface area contributed by atoms with Crippen LogP contribution in [0.2, 0.25) is 10.0 Å². The molecule has 0 unspecified atom stereocenters. The van der Waals surface area contributed by atoms with E-state index in [2.05, 4.69) is 43.4 Å². The van der Waals surface area contributed by atoms with Crippen molar-refractivity contribution in [1.82, 2.24) is 5.32 Å². The van der Waals surface area contributed by atoms with E-state index < -0.39 is 0 Å². The molecule has 2 aromatic rings. The third kappa shape index (κ3) is 5.73. The maximum atomic E-state index is 12.2. The minimum Gasteiger partial charge on any atom is -0.349 e. The summed E-state index contributed by atoms with van der Waals surface area (Å²) in [5, 5.41) is 4.36. The minimum absolute atomic E-state index is 0.0394. The van der Waals surface area contributed by atoms with Crippen LogP contribution in [-0.4, -0.2) is 11.7 Å². The second kappa shape index (κ2) is 9.36. The van der Waals surface area contributed by atoms with Crippen LogP contribution >= 0.6 is 35.0 Å². The molecule has 0 fully saturated rings. The number of thioether (sulfide) groups is 1. The second-order valence-corrected chi connectivity index (χ2v) is 7.50. The van der Waals surface area contributed by atoms with Gasteiger partial charge in [0.1, 0.15) is 0 Å². The van der Waals surface area contributed by atoms with Crippen LogP contribution in [0, 0.1) is 6.92 Å². The quantitative estimate of drug-likeness (QED) is 0.655. The van der Waals surface area contributed by atoms with Gasteiger partial charge < -0.3 is 5.32 Å². The molecule has 0 aliphatic heterocycles. The van der Waals surface area contributed by atoms with E-state index in [1.54, 1.807) is 17.8 Å². The fourth-order valence-corrected chi connectivity index (χ4v) is 3.75. The highest BCUT2D eigenvalue weighted by atomic mass is 35.5. The van der Waals surface area contributed by atoms with E-state index in [0.29, 0.717) is 21.6 Å². The lowest BCUT2D eigenvalue weighted by molar-refractivity contribution is -0.119. The number of nitrogens with one attached hydrogen (secondary N) is 1. The highest BCUT2D eigenvalue weighted by Gasteiger charge is 2.13. The predicted octanol–water partition coefficient (Wildman–Crippen LogP) is 5.80. The Morgan fingerprint density at radius 1 is 1.17 bits per heavy atom. The summed E-state index contributed by atoms with van der Waals surface area (Å²) in [5.41, 5.74) is 3.35. The van der Waals surface area contributed by atoms with Crippen LogP contribution in [0.3, 0.4) is 0 Å². The first-order chi connectivity index (χ1) is 11.5. The third-order valence-corrected chi connectivity index (χ3v) is 5.30. The molecule has 0 aliphatic carbocycles. The van der Waals surface area contributed by atoms with E-state index in [1.165, 1.54) is 5.56 Å². The number of hydrogen-bond acceptors (Lipinski definition) is 2. The summed E-state index contributed by atoms with van der Waals surface area (Å²) in [4.78, 5) is 12.2. The maximum Gasteiger partial charge on any atom is 0.230 e. The number of carbonyl (C=O) groups is 1. The van der Waals surface area contributed by atoms with E-state index >= 15 is 0 Å². The normalized spacial score (nSPS) is 12.0. The van der Waals surface area contributed by atoms with Crippen molar-refractivity contribution in [2.45, 2.75) is 32.1 Å². The van der Waals surface area contributed by atoms with Gasteiger partial charge >= 0.3 is 0 Å². The zero-order chi connectivity index (χ0) is 17.5.